The summed E-state index contributed by atoms with van der Waals surface area (Å²) in [7, 11) is 3.14. The smallest absolute Gasteiger partial charge is 0.307 e. The Hall–Kier alpha value is -1.71. The molecule has 0 amide bonds. The second-order valence-electron chi connectivity index (χ2n) is 3.99. The Morgan fingerprint density at radius 2 is 1.47 bits per heavy atom. The monoisotopic (exact) mass is 238 g/mol. The molecule has 4 heteroatoms. The summed E-state index contributed by atoms with van der Waals surface area (Å²) in [5, 5.41) is 8.94. The summed E-state index contributed by atoms with van der Waals surface area (Å²) in [6.45, 7) is 5.70. The zero-order chi connectivity index (χ0) is 13.2. The van der Waals surface area contributed by atoms with Crippen LogP contribution in [0.1, 0.15) is 22.3 Å². The number of carboxylic acids is 1. The number of carbonyl (C=O) groups is 1. The Balaban J connectivity index is 3.54. The molecular formula is C13H18O4. The fourth-order valence-electron chi connectivity index (χ4n) is 2.10. The Labute approximate surface area is 101 Å². The van der Waals surface area contributed by atoms with E-state index in [0.29, 0.717) is 11.3 Å². The standard InChI is InChI=1S/C13H18O4/c1-7-8(2)13(17-5)10(6-11(14)15)9(3)12(7)16-4/h6H2,1-5H3,(H,14,15). The fourth-order valence-corrected chi connectivity index (χ4v) is 2.10. The van der Waals surface area contributed by atoms with Crippen LogP contribution in [0.4, 0.5) is 0 Å². The lowest BCUT2D eigenvalue weighted by Gasteiger charge is -2.19. The molecule has 4 nitrogen and oxygen atoms in total. The first-order valence-electron chi connectivity index (χ1n) is 5.36. The van der Waals surface area contributed by atoms with Gasteiger partial charge in [0.2, 0.25) is 0 Å². The molecule has 0 saturated heterocycles. The van der Waals surface area contributed by atoms with E-state index in [4.69, 9.17) is 14.6 Å². The maximum Gasteiger partial charge on any atom is 0.307 e. The summed E-state index contributed by atoms with van der Waals surface area (Å²) < 4.78 is 10.6. The average molecular weight is 238 g/mol. The van der Waals surface area contributed by atoms with Crippen LogP contribution < -0.4 is 9.47 Å². The molecule has 1 N–H and O–H groups in total. The van der Waals surface area contributed by atoms with Crippen molar-refractivity contribution in [2.75, 3.05) is 14.2 Å². The van der Waals surface area contributed by atoms with Gasteiger partial charge < -0.3 is 14.6 Å². The lowest BCUT2D eigenvalue weighted by molar-refractivity contribution is -0.136. The maximum absolute atomic E-state index is 10.9. The molecule has 1 rings (SSSR count). The number of hydrogen-bond donors (Lipinski definition) is 1. The van der Waals surface area contributed by atoms with Gasteiger partial charge in [0, 0.05) is 5.56 Å². The van der Waals surface area contributed by atoms with Crippen molar-refractivity contribution in [2.24, 2.45) is 0 Å². The molecule has 0 radical (unpaired) electrons. The first-order valence-corrected chi connectivity index (χ1v) is 5.36. The van der Waals surface area contributed by atoms with E-state index in [1.807, 2.05) is 20.8 Å². The lowest BCUT2D eigenvalue weighted by Crippen LogP contribution is -2.08. The van der Waals surface area contributed by atoms with Crippen molar-refractivity contribution in [1.29, 1.82) is 0 Å². The predicted molar refractivity (Wildman–Crippen MR) is 65.1 cm³/mol. The number of rotatable bonds is 4. The largest absolute Gasteiger partial charge is 0.496 e. The Kier molecular flexibility index (Phi) is 3.99. The number of ether oxygens (including phenoxy) is 2. The van der Waals surface area contributed by atoms with Crippen LogP contribution in [0, 0.1) is 20.8 Å². The number of benzene rings is 1. The SMILES string of the molecule is COc1c(C)c(C)c(OC)c(CC(=O)O)c1C. The van der Waals surface area contributed by atoms with Crippen molar-refractivity contribution in [3.63, 3.8) is 0 Å². The molecule has 1 aromatic carbocycles. The highest BCUT2D eigenvalue weighted by Crippen LogP contribution is 2.37. The molecule has 0 saturated carbocycles. The van der Waals surface area contributed by atoms with Gasteiger partial charge in [-0.15, -0.1) is 0 Å². The van der Waals surface area contributed by atoms with Crippen LogP contribution in [-0.2, 0) is 11.2 Å². The third-order valence-corrected chi connectivity index (χ3v) is 3.05. The summed E-state index contributed by atoms with van der Waals surface area (Å²) in [5.74, 6) is 0.499. The third kappa shape index (κ3) is 2.35. The molecule has 1 aromatic rings. The number of methoxy groups -OCH3 is 2. The van der Waals surface area contributed by atoms with Crippen molar-refractivity contribution < 1.29 is 19.4 Å². The fraction of sp³-hybridized carbons (Fsp3) is 0.462. The maximum atomic E-state index is 10.9. The molecule has 0 aliphatic rings. The predicted octanol–water partition coefficient (Wildman–Crippen LogP) is 2.26. The first kappa shape index (κ1) is 13.4. The van der Waals surface area contributed by atoms with Gasteiger partial charge >= 0.3 is 5.97 Å². The molecule has 0 atom stereocenters. The van der Waals surface area contributed by atoms with Gasteiger partial charge in [-0.1, -0.05) is 0 Å². The molecule has 0 heterocycles. The van der Waals surface area contributed by atoms with E-state index in [0.717, 1.165) is 22.4 Å². The number of hydrogen-bond acceptors (Lipinski definition) is 3. The van der Waals surface area contributed by atoms with Crippen molar-refractivity contribution in [3.05, 3.63) is 22.3 Å². The van der Waals surface area contributed by atoms with Crippen molar-refractivity contribution in [3.8, 4) is 11.5 Å². The zero-order valence-electron chi connectivity index (χ0n) is 10.9. The zero-order valence-corrected chi connectivity index (χ0v) is 10.9. The van der Waals surface area contributed by atoms with E-state index in [2.05, 4.69) is 0 Å². The summed E-state index contributed by atoms with van der Waals surface area (Å²) in [4.78, 5) is 10.9. The van der Waals surface area contributed by atoms with E-state index >= 15 is 0 Å². The van der Waals surface area contributed by atoms with E-state index in [1.54, 1.807) is 14.2 Å². The molecule has 0 spiro atoms. The van der Waals surface area contributed by atoms with Gasteiger partial charge in [0.15, 0.2) is 0 Å². The van der Waals surface area contributed by atoms with Crippen LogP contribution in [0.15, 0.2) is 0 Å². The van der Waals surface area contributed by atoms with Crippen molar-refractivity contribution in [2.45, 2.75) is 27.2 Å². The topological polar surface area (TPSA) is 55.8 Å². The molecule has 0 aliphatic carbocycles. The van der Waals surface area contributed by atoms with E-state index < -0.39 is 5.97 Å². The molecule has 17 heavy (non-hydrogen) atoms. The lowest BCUT2D eigenvalue weighted by atomic mass is 9.95. The van der Waals surface area contributed by atoms with Crippen LogP contribution in [0.3, 0.4) is 0 Å². The van der Waals surface area contributed by atoms with Gasteiger partial charge in [-0.3, -0.25) is 4.79 Å². The van der Waals surface area contributed by atoms with Crippen LogP contribution in [0.2, 0.25) is 0 Å². The van der Waals surface area contributed by atoms with Gasteiger partial charge in [0.05, 0.1) is 20.6 Å². The van der Waals surface area contributed by atoms with Crippen LogP contribution in [0.25, 0.3) is 0 Å². The Morgan fingerprint density at radius 1 is 1.00 bits per heavy atom. The Bertz CT molecular complexity index is 449. The van der Waals surface area contributed by atoms with Crippen LogP contribution in [0.5, 0.6) is 11.5 Å². The van der Waals surface area contributed by atoms with Gasteiger partial charge in [-0.25, -0.2) is 0 Å². The van der Waals surface area contributed by atoms with Crippen molar-refractivity contribution >= 4 is 5.97 Å². The Morgan fingerprint density at radius 3 is 1.88 bits per heavy atom. The third-order valence-electron chi connectivity index (χ3n) is 3.05. The average Bonchev–Trinajstić information content (AvgIpc) is 2.27. The van der Waals surface area contributed by atoms with Gasteiger partial charge in [0.25, 0.3) is 0 Å². The molecule has 0 unspecified atom stereocenters. The molecule has 0 fully saturated rings. The minimum atomic E-state index is -0.878. The van der Waals surface area contributed by atoms with Crippen molar-refractivity contribution in [1.82, 2.24) is 0 Å². The van der Waals surface area contributed by atoms with Gasteiger partial charge in [-0.05, 0) is 37.5 Å². The van der Waals surface area contributed by atoms with Gasteiger partial charge in [0.1, 0.15) is 11.5 Å². The molecular weight excluding hydrogens is 220 g/mol. The second kappa shape index (κ2) is 5.08. The van der Waals surface area contributed by atoms with E-state index in [-0.39, 0.29) is 6.42 Å². The molecule has 0 aromatic heterocycles. The highest BCUT2D eigenvalue weighted by molar-refractivity contribution is 5.74. The molecule has 94 valence electrons. The summed E-state index contributed by atoms with van der Waals surface area (Å²) >= 11 is 0. The summed E-state index contributed by atoms with van der Waals surface area (Å²) in [5.41, 5.74) is 3.41. The first-order chi connectivity index (χ1) is 7.93. The minimum Gasteiger partial charge on any atom is -0.496 e. The molecule has 0 bridgehead atoms. The molecule has 0 aliphatic heterocycles. The van der Waals surface area contributed by atoms with E-state index in [1.165, 1.54) is 0 Å². The second-order valence-corrected chi connectivity index (χ2v) is 3.99. The quantitative estimate of drug-likeness (QED) is 0.874. The normalized spacial score (nSPS) is 10.2. The summed E-state index contributed by atoms with van der Waals surface area (Å²) in [6.07, 6.45) is -0.0630. The van der Waals surface area contributed by atoms with E-state index in [9.17, 15) is 4.79 Å². The van der Waals surface area contributed by atoms with Crippen LogP contribution >= 0.6 is 0 Å². The van der Waals surface area contributed by atoms with Crippen LogP contribution in [-0.4, -0.2) is 25.3 Å². The highest BCUT2D eigenvalue weighted by atomic mass is 16.5. The number of carboxylic acid groups (broad SMARTS) is 1. The minimum absolute atomic E-state index is 0.0630. The number of aliphatic carboxylic acids is 1. The highest BCUT2D eigenvalue weighted by Gasteiger charge is 2.20. The summed E-state index contributed by atoms with van der Waals surface area (Å²) in [6, 6.07) is 0. The van der Waals surface area contributed by atoms with Gasteiger partial charge in [-0.2, -0.15) is 0 Å².